The molecule has 0 atom stereocenters. The fraction of sp³-hybridized carbons (Fsp3) is 0.545. The highest BCUT2D eigenvalue weighted by molar-refractivity contribution is 5.24. The van der Waals surface area contributed by atoms with Crippen molar-refractivity contribution >= 4 is 0 Å². The Morgan fingerprint density at radius 3 is 2.50 bits per heavy atom. The van der Waals surface area contributed by atoms with E-state index in [-0.39, 0.29) is 0 Å². The first-order valence-corrected chi connectivity index (χ1v) is 4.96. The van der Waals surface area contributed by atoms with Gasteiger partial charge in [-0.1, -0.05) is 13.8 Å². The average Bonchev–Trinajstić information content (AvgIpc) is 2.19. The quantitative estimate of drug-likeness (QED) is 0.734. The second kappa shape index (κ2) is 4.71. The Hall–Kier alpha value is -1.43. The molecule has 0 radical (unpaired) electrons. The summed E-state index contributed by atoms with van der Waals surface area (Å²) in [5.41, 5.74) is 1.47. The van der Waals surface area contributed by atoms with Crippen LogP contribution in [0.1, 0.15) is 49.8 Å². The van der Waals surface area contributed by atoms with Crippen LogP contribution in [0.3, 0.4) is 0 Å². The van der Waals surface area contributed by atoms with Crippen LogP contribution in [0.15, 0.2) is 6.07 Å². The summed E-state index contributed by atoms with van der Waals surface area (Å²) >= 11 is 0. The van der Waals surface area contributed by atoms with E-state index in [9.17, 15) is 0 Å². The minimum Gasteiger partial charge on any atom is -0.238 e. The van der Waals surface area contributed by atoms with Gasteiger partial charge in [0.05, 0.1) is 0 Å². The monoisotopic (exact) mass is 189 g/mol. The van der Waals surface area contributed by atoms with Gasteiger partial charge in [-0.25, -0.2) is 9.97 Å². The zero-order valence-electron chi connectivity index (χ0n) is 8.91. The molecule has 3 nitrogen and oxygen atoms in total. The summed E-state index contributed by atoms with van der Waals surface area (Å²) < 4.78 is 0. The number of hydrogen-bond acceptors (Lipinski definition) is 3. The molecular weight excluding hydrogens is 174 g/mol. The normalized spacial score (nSPS) is 10.2. The third kappa shape index (κ3) is 2.29. The fourth-order valence-corrected chi connectivity index (χ4v) is 1.56. The molecule has 1 rings (SSSR count). The van der Waals surface area contributed by atoms with Crippen molar-refractivity contribution in [1.82, 2.24) is 9.97 Å². The van der Waals surface area contributed by atoms with Gasteiger partial charge in [-0.05, 0) is 25.8 Å². The van der Waals surface area contributed by atoms with Crippen LogP contribution in [0.5, 0.6) is 0 Å². The SMILES string of the molecule is CCC(CC)c1cc(C#N)nc(C)n1. The first-order valence-electron chi connectivity index (χ1n) is 4.96. The maximum atomic E-state index is 8.77. The topological polar surface area (TPSA) is 49.6 Å². The first kappa shape index (κ1) is 10.6. The summed E-state index contributed by atoms with van der Waals surface area (Å²) in [5, 5.41) is 8.77. The molecule has 0 saturated heterocycles. The molecule has 0 N–H and O–H groups in total. The summed E-state index contributed by atoms with van der Waals surface area (Å²) in [6, 6.07) is 3.86. The molecular formula is C11H15N3. The molecule has 0 aromatic carbocycles. The fourth-order valence-electron chi connectivity index (χ4n) is 1.56. The molecule has 0 unspecified atom stereocenters. The smallest absolute Gasteiger partial charge is 0.144 e. The van der Waals surface area contributed by atoms with Crippen LogP contribution in [-0.4, -0.2) is 9.97 Å². The Kier molecular flexibility index (Phi) is 3.58. The van der Waals surface area contributed by atoms with E-state index in [0.717, 1.165) is 18.5 Å². The van der Waals surface area contributed by atoms with Crippen molar-refractivity contribution in [3.63, 3.8) is 0 Å². The van der Waals surface area contributed by atoms with Gasteiger partial charge >= 0.3 is 0 Å². The number of hydrogen-bond donors (Lipinski definition) is 0. The molecule has 74 valence electrons. The largest absolute Gasteiger partial charge is 0.238 e. The van der Waals surface area contributed by atoms with Crippen molar-refractivity contribution in [1.29, 1.82) is 5.26 Å². The van der Waals surface area contributed by atoms with E-state index in [1.165, 1.54) is 0 Å². The van der Waals surface area contributed by atoms with Gasteiger partial charge < -0.3 is 0 Å². The zero-order chi connectivity index (χ0) is 10.6. The van der Waals surface area contributed by atoms with Crippen molar-refractivity contribution in [2.24, 2.45) is 0 Å². The second-order valence-corrected chi connectivity index (χ2v) is 3.35. The lowest BCUT2D eigenvalue weighted by Gasteiger charge is -2.11. The van der Waals surface area contributed by atoms with Gasteiger partial charge in [-0.2, -0.15) is 5.26 Å². The number of nitrogens with zero attached hydrogens (tertiary/aromatic N) is 3. The molecule has 0 spiro atoms. The Bertz CT molecular complexity index is 348. The number of nitriles is 1. The lowest BCUT2D eigenvalue weighted by Crippen LogP contribution is -2.03. The molecule has 1 aromatic rings. The Morgan fingerprint density at radius 1 is 1.36 bits per heavy atom. The van der Waals surface area contributed by atoms with Crippen molar-refractivity contribution in [2.75, 3.05) is 0 Å². The minimum atomic E-state index is 0.448. The van der Waals surface area contributed by atoms with Gasteiger partial charge in [0, 0.05) is 11.6 Å². The van der Waals surface area contributed by atoms with Crippen LogP contribution in [0, 0.1) is 18.3 Å². The van der Waals surface area contributed by atoms with Crippen LogP contribution in [0.4, 0.5) is 0 Å². The van der Waals surface area contributed by atoms with Crippen molar-refractivity contribution in [2.45, 2.75) is 39.5 Å². The summed E-state index contributed by atoms with van der Waals surface area (Å²) in [5.74, 6) is 1.13. The molecule has 0 aliphatic rings. The molecule has 0 fully saturated rings. The lowest BCUT2D eigenvalue weighted by molar-refractivity contribution is 0.618. The Balaban J connectivity index is 3.09. The van der Waals surface area contributed by atoms with Gasteiger partial charge in [0.25, 0.3) is 0 Å². The van der Waals surface area contributed by atoms with Gasteiger partial charge in [-0.3, -0.25) is 0 Å². The molecule has 0 aliphatic carbocycles. The van der Waals surface area contributed by atoms with E-state index in [0.29, 0.717) is 17.4 Å². The van der Waals surface area contributed by atoms with E-state index >= 15 is 0 Å². The number of rotatable bonds is 3. The third-order valence-corrected chi connectivity index (χ3v) is 2.38. The molecule has 3 heteroatoms. The Morgan fingerprint density at radius 2 is 2.00 bits per heavy atom. The minimum absolute atomic E-state index is 0.448. The van der Waals surface area contributed by atoms with Crippen LogP contribution < -0.4 is 0 Å². The second-order valence-electron chi connectivity index (χ2n) is 3.35. The van der Waals surface area contributed by atoms with E-state index in [1.54, 1.807) is 6.07 Å². The molecule has 1 aromatic heterocycles. The highest BCUT2D eigenvalue weighted by Gasteiger charge is 2.10. The van der Waals surface area contributed by atoms with E-state index in [2.05, 4.69) is 29.9 Å². The predicted molar refractivity (Wildman–Crippen MR) is 54.8 cm³/mol. The van der Waals surface area contributed by atoms with E-state index in [1.807, 2.05) is 6.92 Å². The molecule has 0 saturated carbocycles. The van der Waals surface area contributed by atoms with E-state index in [4.69, 9.17) is 5.26 Å². The van der Waals surface area contributed by atoms with Gasteiger partial charge in [0.1, 0.15) is 17.6 Å². The van der Waals surface area contributed by atoms with Crippen molar-refractivity contribution in [3.05, 3.63) is 23.3 Å². The molecule has 0 amide bonds. The summed E-state index contributed by atoms with van der Waals surface area (Å²) in [7, 11) is 0. The highest BCUT2D eigenvalue weighted by atomic mass is 14.9. The zero-order valence-corrected chi connectivity index (χ0v) is 8.91. The highest BCUT2D eigenvalue weighted by Crippen LogP contribution is 2.21. The molecule has 14 heavy (non-hydrogen) atoms. The van der Waals surface area contributed by atoms with Crippen molar-refractivity contribution in [3.8, 4) is 6.07 Å². The lowest BCUT2D eigenvalue weighted by atomic mass is 9.99. The standard InChI is InChI=1S/C11H15N3/c1-4-9(5-2)11-6-10(7-12)13-8(3)14-11/h6,9H,4-5H2,1-3H3. The van der Waals surface area contributed by atoms with E-state index < -0.39 is 0 Å². The van der Waals surface area contributed by atoms with Crippen molar-refractivity contribution < 1.29 is 0 Å². The maximum absolute atomic E-state index is 8.77. The summed E-state index contributed by atoms with van der Waals surface area (Å²) in [6.45, 7) is 6.10. The third-order valence-electron chi connectivity index (χ3n) is 2.38. The first-order chi connectivity index (χ1) is 6.71. The van der Waals surface area contributed by atoms with Crippen LogP contribution >= 0.6 is 0 Å². The number of aryl methyl sites for hydroxylation is 1. The maximum Gasteiger partial charge on any atom is 0.144 e. The van der Waals surface area contributed by atoms with Crippen LogP contribution in [0.2, 0.25) is 0 Å². The average molecular weight is 189 g/mol. The van der Waals surface area contributed by atoms with Gasteiger partial charge in [0.15, 0.2) is 0 Å². The summed E-state index contributed by atoms with van der Waals surface area (Å²) in [4.78, 5) is 8.39. The Labute approximate surface area is 84.8 Å². The molecule has 0 aliphatic heterocycles. The summed E-state index contributed by atoms with van der Waals surface area (Å²) in [6.07, 6.45) is 2.11. The number of aromatic nitrogens is 2. The van der Waals surface area contributed by atoms with Crippen LogP contribution in [-0.2, 0) is 0 Å². The van der Waals surface area contributed by atoms with Crippen LogP contribution in [0.25, 0.3) is 0 Å². The molecule has 1 heterocycles. The van der Waals surface area contributed by atoms with Gasteiger partial charge in [-0.15, -0.1) is 0 Å². The molecule has 0 bridgehead atoms. The predicted octanol–water partition coefficient (Wildman–Crippen LogP) is 2.56. The van der Waals surface area contributed by atoms with Gasteiger partial charge in [0.2, 0.25) is 0 Å².